The van der Waals surface area contributed by atoms with Crippen LogP contribution in [0.15, 0.2) is 285 Å². The molecule has 9 aromatic carbocycles. The van der Waals surface area contributed by atoms with Gasteiger partial charge in [-0.25, -0.2) is 0 Å². The molecule has 4 heterocycles. The Labute approximate surface area is 590 Å². The molecular weight excluding hydrogens is 1190 g/mol. The van der Waals surface area contributed by atoms with Gasteiger partial charge in [-0.1, -0.05) is 286 Å². The number of hydrogen-bond donors (Lipinski definition) is 0. The summed E-state index contributed by atoms with van der Waals surface area (Å²) in [5.74, 6) is 0. The van der Waals surface area contributed by atoms with Crippen LogP contribution in [-0.4, -0.2) is 15.0 Å². The minimum absolute atomic E-state index is 1.08. The maximum atomic E-state index is 4.17. The van der Waals surface area contributed by atoms with Crippen molar-refractivity contribution in [2.24, 2.45) is 0 Å². The molecule has 0 spiro atoms. The van der Waals surface area contributed by atoms with Crippen LogP contribution in [0.2, 0.25) is 0 Å². The second-order valence-corrected chi connectivity index (χ2v) is 26.6. The van der Waals surface area contributed by atoms with Gasteiger partial charge in [0.1, 0.15) is 0 Å². The van der Waals surface area contributed by atoms with Gasteiger partial charge in [0.15, 0.2) is 0 Å². The summed E-state index contributed by atoms with van der Waals surface area (Å²) in [4.78, 5) is 15.1. The zero-order valence-corrected chi connectivity index (χ0v) is 62.7. The van der Waals surface area contributed by atoms with Gasteiger partial charge < -0.3 is 0 Å². The first-order valence-corrected chi connectivity index (χ1v) is 34.3. The van der Waals surface area contributed by atoms with Gasteiger partial charge in [-0.05, 0) is 237 Å². The highest BCUT2D eigenvalue weighted by molar-refractivity contribution is 7.11. The van der Waals surface area contributed by atoms with E-state index in [-0.39, 0.29) is 0 Å². The lowest BCUT2D eigenvalue weighted by atomic mass is 10.0. The van der Waals surface area contributed by atoms with Crippen LogP contribution < -0.4 is 0 Å². The van der Waals surface area contributed by atoms with Crippen LogP contribution in [0.3, 0.4) is 0 Å². The highest BCUT2D eigenvalue weighted by atomic mass is 32.1. The summed E-state index contributed by atoms with van der Waals surface area (Å²) < 4.78 is 0. The SMILES string of the molecule is Cc1ccc(-c2ccc(C)cc2)cc1.Cc1ccc(-c2cccc(C)c2)cc1.Cc1ccc(C)cc1.Cc1ccc(C)nc1.Cc1ccc(C)s1.Cc1cccc(-c2cccc(C)c2)c1.Cc1cccc(C)c1.Cc1cccc(C)n1.Cc1ccccc1C.Cc1ccnc(C)c1. The molecule has 0 aliphatic carbocycles. The van der Waals surface area contributed by atoms with Crippen molar-refractivity contribution in [1.82, 2.24) is 15.0 Å². The average Bonchev–Trinajstić information content (AvgIpc) is 1.09. The first-order chi connectivity index (χ1) is 46.3. The molecule has 97 heavy (non-hydrogen) atoms. The van der Waals surface area contributed by atoms with Gasteiger partial charge in [0.25, 0.3) is 0 Å². The Kier molecular flexibility index (Phi) is 36.1. The molecule has 0 atom stereocenters. The molecule has 0 bridgehead atoms. The van der Waals surface area contributed by atoms with Crippen molar-refractivity contribution >= 4 is 11.3 Å². The topological polar surface area (TPSA) is 38.7 Å². The lowest BCUT2D eigenvalue weighted by Crippen LogP contribution is -1.81. The van der Waals surface area contributed by atoms with E-state index in [9.17, 15) is 0 Å². The molecule has 13 aromatic rings. The summed E-state index contributed by atoms with van der Waals surface area (Å²) in [6.45, 7) is 41.7. The Morgan fingerprint density at radius 1 is 0.196 bits per heavy atom. The van der Waals surface area contributed by atoms with Crippen molar-refractivity contribution in [2.45, 2.75) is 138 Å². The van der Waals surface area contributed by atoms with E-state index in [1.54, 1.807) is 0 Å². The van der Waals surface area contributed by atoms with E-state index in [1.165, 1.54) is 121 Å². The molecule has 0 amide bonds. The molecule has 0 aliphatic heterocycles. The quantitative estimate of drug-likeness (QED) is 0.177. The Morgan fingerprint density at radius 3 is 0.753 bits per heavy atom. The van der Waals surface area contributed by atoms with E-state index in [0.717, 1.165) is 22.8 Å². The van der Waals surface area contributed by atoms with E-state index >= 15 is 0 Å². The number of hydrogen-bond acceptors (Lipinski definition) is 4. The number of aromatic nitrogens is 3. The van der Waals surface area contributed by atoms with Crippen LogP contribution in [0.25, 0.3) is 33.4 Å². The van der Waals surface area contributed by atoms with E-state index in [1.807, 2.05) is 88.7 Å². The minimum atomic E-state index is 1.08. The largest absolute Gasteiger partial charge is 0.262 e. The molecule has 0 radical (unpaired) electrons. The maximum absolute atomic E-state index is 4.17. The van der Waals surface area contributed by atoms with Crippen LogP contribution in [0.5, 0.6) is 0 Å². The van der Waals surface area contributed by atoms with Gasteiger partial charge in [0.2, 0.25) is 0 Å². The molecule has 0 unspecified atom stereocenters. The van der Waals surface area contributed by atoms with Crippen molar-refractivity contribution in [3.63, 3.8) is 0 Å². The van der Waals surface area contributed by atoms with Crippen LogP contribution in [-0.2, 0) is 0 Å². The summed E-state index contributed by atoms with van der Waals surface area (Å²) in [5.41, 5.74) is 30.5. The third kappa shape index (κ3) is 34.9. The second kappa shape index (κ2) is 44.0. The summed E-state index contributed by atoms with van der Waals surface area (Å²) in [5, 5.41) is 0. The van der Waals surface area contributed by atoms with Crippen molar-refractivity contribution in [1.29, 1.82) is 0 Å². The number of thiophene rings is 1. The fourth-order valence-electron chi connectivity index (χ4n) is 9.28. The van der Waals surface area contributed by atoms with Crippen molar-refractivity contribution in [3.05, 3.63) is 396 Å². The third-order valence-electron chi connectivity index (χ3n) is 15.0. The molecule has 500 valence electrons. The second-order valence-electron chi connectivity index (χ2n) is 25.1. The lowest BCUT2D eigenvalue weighted by Gasteiger charge is -2.03. The standard InChI is InChI=1S/3C14H14.3C8H10.3C7H9N.C6H8S/c1-11-3-7-13(8-4-11)14-9-5-12(2)6-10-14;1-11-5-3-7-13(9-11)14-8-4-6-12(2)10-14;1-11-6-8-13(9-7-11)14-5-3-4-12(2)10-14;1-7-3-5-8(2)6-4-7;1-7-4-3-5-8(2)6-7;1-7-5-3-4-6-8(7)2;1-6-3-4-8-7(2)5-6;1-6-3-4-7(2)8-5-6;1-6-4-3-5-7(2)8-6;1-5-3-4-6(2)7-5/h3*3-10H,1-2H3;3*3-6H,1-2H3;3*3-5H,1-2H3;3-4H,1-2H3. The molecular formula is C93H107N3S. The molecule has 4 heteroatoms. The van der Waals surface area contributed by atoms with Gasteiger partial charge in [0.05, 0.1) is 0 Å². The Balaban J connectivity index is 0.000000232. The molecule has 0 aliphatic rings. The molecule has 0 saturated carbocycles. The Morgan fingerprint density at radius 2 is 0.505 bits per heavy atom. The number of aryl methyl sites for hydroxylation is 20. The molecule has 4 aromatic heterocycles. The highest BCUT2D eigenvalue weighted by Gasteiger charge is 2.00. The normalized spacial score (nSPS) is 9.65. The zero-order chi connectivity index (χ0) is 71.1. The van der Waals surface area contributed by atoms with Crippen LogP contribution in [0.4, 0.5) is 0 Å². The fraction of sp³-hybridized carbons (Fsp3) is 0.215. The summed E-state index contributed by atoms with van der Waals surface area (Å²) in [6.07, 6.45) is 3.69. The van der Waals surface area contributed by atoms with Crippen LogP contribution >= 0.6 is 11.3 Å². The predicted octanol–water partition coefficient (Wildman–Crippen LogP) is 26.3. The van der Waals surface area contributed by atoms with Gasteiger partial charge in [-0.2, -0.15) is 0 Å². The lowest BCUT2D eigenvalue weighted by molar-refractivity contribution is 1.12. The monoisotopic (exact) mass is 1300 g/mol. The third-order valence-corrected chi connectivity index (χ3v) is 16.0. The first kappa shape index (κ1) is 79.6. The highest BCUT2D eigenvalue weighted by Crippen LogP contribution is 2.23. The summed E-state index contributed by atoms with van der Waals surface area (Å²) in [6, 6.07) is 95.4. The van der Waals surface area contributed by atoms with Crippen molar-refractivity contribution in [3.8, 4) is 33.4 Å². The van der Waals surface area contributed by atoms with E-state index in [4.69, 9.17) is 0 Å². The number of benzene rings is 9. The van der Waals surface area contributed by atoms with Gasteiger partial charge in [-0.15, -0.1) is 11.3 Å². The number of rotatable bonds is 3. The van der Waals surface area contributed by atoms with Crippen molar-refractivity contribution < 1.29 is 0 Å². The van der Waals surface area contributed by atoms with Crippen LogP contribution in [0.1, 0.15) is 110 Å². The zero-order valence-electron chi connectivity index (χ0n) is 61.9. The van der Waals surface area contributed by atoms with Gasteiger partial charge in [0, 0.05) is 44.9 Å². The maximum Gasteiger partial charge on any atom is 0.0375 e. The van der Waals surface area contributed by atoms with E-state index in [0.29, 0.717) is 0 Å². The van der Waals surface area contributed by atoms with Crippen molar-refractivity contribution in [2.75, 3.05) is 0 Å². The predicted molar refractivity (Wildman–Crippen MR) is 427 cm³/mol. The number of pyridine rings is 3. The molecule has 0 fully saturated rings. The van der Waals surface area contributed by atoms with Crippen LogP contribution in [0, 0.1) is 138 Å². The average molecular weight is 1300 g/mol. The van der Waals surface area contributed by atoms with Gasteiger partial charge >= 0.3 is 0 Å². The van der Waals surface area contributed by atoms with E-state index < -0.39 is 0 Å². The number of nitrogens with zero attached hydrogens (tertiary/aromatic N) is 3. The Hall–Kier alpha value is -9.87. The van der Waals surface area contributed by atoms with Gasteiger partial charge in [-0.3, -0.25) is 15.0 Å². The van der Waals surface area contributed by atoms with E-state index in [2.05, 4.69) is 361 Å². The molecule has 0 N–H and O–H groups in total. The first-order valence-electron chi connectivity index (χ1n) is 33.5. The fourth-order valence-corrected chi connectivity index (χ4v) is 10.1. The smallest absolute Gasteiger partial charge is 0.0375 e. The molecule has 0 saturated heterocycles. The summed E-state index contributed by atoms with van der Waals surface area (Å²) >= 11 is 1.84. The molecule has 3 nitrogen and oxygen atoms in total. The molecule has 13 rings (SSSR count). The Bertz CT molecular complexity index is 3920. The minimum Gasteiger partial charge on any atom is -0.262 e. The summed E-state index contributed by atoms with van der Waals surface area (Å²) in [7, 11) is 0.